The Morgan fingerprint density at radius 1 is 1.14 bits per heavy atom. The lowest BCUT2D eigenvalue weighted by atomic mass is 10.1. The zero-order chi connectivity index (χ0) is 20.5. The molecule has 28 heavy (non-hydrogen) atoms. The predicted molar refractivity (Wildman–Crippen MR) is 103 cm³/mol. The molecule has 0 fully saturated rings. The number of amides is 1. The van der Waals surface area contributed by atoms with Gasteiger partial charge in [0.1, 0.15) is 0 Å². The Labute approximate surface area is 164 Å². The summed E-state index contributed by atoms with van der Waals surface area (Å²) < 4.78 is 28.2. The van der Waals surface area contributed by atoms with Gasteiger partial charge in [0.15, 0.2) is 0 Å². The molecule has 148 valence electrons. The van der Waals surface area contributed by atoms with E-state index in [1.807, 2.05) is 19.9 Å². The molecule has 1 aliphatic heterocycles. The van der Waals surface area contributed by atoms with Gasteiger partial charge in [0.2, 0.25) is 5.91 Å². The van der Waals surface area contributed by atoms with E-state index in [0.29, 0.717) is 24.3 Å². The van der Waals surface area contributed by atoms with Gasteiger partial charge < -0.3 is 14.8 Å². The third kappa shape index (κ3) is 4.01. The Bertz CT molecular complexity index is 1050. The molecule has 2 aromatic rings. The molecule has 2 aromatic carbocycles. The van der Waals surface area contributed by atoms with Gasteiger partial charge in [-0.3, -0.25) is 9.52 Å². The number of carbonyl (C=O) groups excluding carboxylic acids is 2. The normalized spacial score (nSPS) is 13.3. The van der Waals surface area contributed by atoms with Gasteiger partial charge in [-0.15, -0.1) is 0 Å². The first kappa shape index (κ1) is 19.9. The number of hydrogen-bond donors (Lipinski definition) is 1. The summed E-state index contributed by atoms with van der Waals surface area (Å²) in [6, 6.07) is 10.0. The van der Waals surface area contributed by atoms with Crippen LogP contribution in [0.25, 0.3) is 0 Å². The Kier molecular flexibility index (Phi) is 5.42. The fourth-order valence-corrected chi connectivity index (χ4v) is 4.39. The molecular weight excluding hydrogens is 380 g/mol. The van der Waals surface area contributed by atoms with Crippen LogP contribution in [-0.4, -0.2) is 26.8 Å². The second-order valence-corrected chi connectivity index (χ2v) is 8.49. The van der Waals surface area contributed by atoms with E-state index in [1.54, 1.807) is 24.3 Å². The number of hydrogen-bond acceptors (Lipinski definition) is 5. The lowest BCUT2D eigenvalue weighted by Gasteiger charge is -2.18. The highest BCUT2D eigenvalue weighted by molar-refractivity contribution is 7.92. The number of aryl methyl sites for hydroxylation is 1. The van der Waals surface area contributed by atoms with Crippen molar-refractivity contribution in [2.45, 2.75) is 38.0 Å². The molecule has 0 radical (unpaired) electrons. The van der Waals surface area contributed by atoms with E-state index in [-0.39, 0.29) is 23.6 Å². The summed E-state index contributed by atoms with van der Waals surface area (Å²) in [4.78, 5) is 24.4. The minimum atomic E-state index is -3.77. The molecule has 0 spiro atoms. The fourth-order valence-electron chi connectivity index (χ4n) is 3.21. The highest BCUT2D eigenvalue weighted by atomic mass is 32.2. The topological polar surface area (TPSA) is 107 Å². The zero-order valence-corrected chi connectivity index (χ0v) is 16.5. The van der Waals surface area contributed by atoms with Crippen LogP contribution in [0.5, 0.6) is 0 Å². The molecule has 0 saturated heterocycles. The van der Waals surface area contributed by atoms with E-state index in [0.717, 1.165) is 16.7 Å². The molecule has 0 saturated carbocycles. The average Bonchev–Trinajstić information content (AvgIpc) is 3.06. The lowest BCUT2D eigenvalue weighted by Crippen LogP contribution is -2.31. The van der Waals surface area contributed by atoms with Gasteiger partial charge in [0.05, 0.1) is 10.6 Å². The number of nitrogens with zero attached hydrogens (tertiary/aromatic N) is 1. The van der Waals surface area contributed by atoms with Crippen LogP contribution in [0.15, 0.2) is 41.3 Å². The van der Waals surface area contributed by atoms with Crippen LogP contribution in [0.3, 0.4) is 0 Å². The fraction of sp³-hybridized carbons (Fsp3) is 0.300. The van der Waals surface area contributed by atoms with Crippen LogP contribution in [0.2, 0.25) is 0 Å². The smallest absolute Gasteiger partial charge is 0.261 e. The standard InChI is InChI=1S/C20H22N2O5S/c1-13-4-3-5-17(14(13)2)21-28(26,27)16-6-7-18-15(12-16)10-11-22(18)19(23)8-9-20(24)25/h3-7,12,21H,8-11H2,1-2H3,(H,24,25)/p-1. The third-order valence-corrected chi connectivity index (χ3v) is 6.31. The van der Waals surface area contributed by atoms with Crippen molar-refractivity contribution in [2.75, 3.05) is 16.2 Å². The summed E-state index contributed by atoms with van der Waals surface area (Å²) in [6.07, 6.45) is 0.0339. The number of rotatable bonds is 6. The minimum Gasteiger partial charge on any atom is -0.550 e. The number of benzene rings is 2. The van der Waals surface area contributed by atoms with Crippen molar-refractivity contribution in [1.82, 2.24) is 0 Å². The predicted octanol–water partition coefficient (Wildman–Crippen LogP) is 1.52. The van der Waals surface area contributed by atoms with Crippen molar-refractivity contribution >= 4 is 33.3 Å². The number of carboxylic acids is 1. The maximum Gasteiger partial charge on any atom is 0.261 e. The van der Waals surface area contributed by atoms with Crippen LogP contribution in [0.1, 0.15) is 29.5 Å². The van der Waals surface area contributed by atoms with E-state index < -0.39 is 16.0 Å². The monoisotopic (exact) mass is 401 g/mol. The number of carbonyl (C=O) groups is 2. The summed E-state index contributed by atoms with van der Waals surface area (Å²) in [5.41, 5.74) is 3.73. The quantitative estimate of drug-likeness (QED) is 0.790. The second-order valence-electron chi connectivity index (χ2n) is 6.81. The molecule has 1 amide bonds. The summed E-state index contributed by atoms with van der Waals surface area (Å²) >= 11 is 0. The summed E-state index contributed by atoms with van der Waals surface area (Å²) in [5, 5.41) is 10.6. The maximum absolute atomic E-state index is 12.8. The van der Waals surface area contributed by atoms with Crippen molar-refractivity contribution in [3.05, 3.63) is 53.1 Å². The average molecular weight is 401 g/mol. The SMILES string of the molecule is Cc1cccc(NS(=O)(=O)c2ccc3c(c2)CCN3C(=O)CCC(=O)[O-])c1C. The summed E-state index contributed by atoms with van der Waals surface area (Å²) in [7, 11) is -3.77. The van der Waals surface area contributed by atoms with Crippen molar-refractivity contribution < 1.29 is 23.1 Å². The van der Waals surface area contributed by atoms with Gasteiger partial charge in [-0.05, 0) is 67.6 Å². The van der Waals surface area contributed by atoms with E-state index in [4.69, 9.17) is 0 Å². The highest BCUT2D eigenvalue weighted by Gasteiger charge is 2.26. The lowest BCUT2D eigenvalue weighted by molar-refractivity contribution is -0.305. The number of carboxylic acid groups (broad SMARTS) is 1. The largest absolute Gasteiger partial charge is 0.550 e. The molecule has 0 atom stereocenters. The van der Waals surface area contributed by atoms with E-state index in [1.165, 1.54) is 11.0 Å². The number of anilines is 2. The highest BCUT2D eigenvalue weighted by Crippen LogP contribution is 2.31. The molecule has 1 heterocycles. The molecule has 1 aliphatic rings. The Balaban J connectivity index is 1.83. The van der Waals surface area contributed by atoms with Gasteiger partial charge in [-0.25, -0.2) is 8.42 Å². The Hall–Kier alpha value is -2.87. The van der Waals surface area contributed by atoms with Crippen LogP contribution in [0, 0.1) is 13.8 Å². The molecule has 3 rings (SSSR count). The van der Waals surface area contributed by atoms with Crippen molar-refractivity contribution in [2.24, 2.45) is 0 Å². The Morgan fingerprint density at radius 2 is 1.89 bits per heavy atom. The number of nitrogens with one attached hydrogen (secondary N) is 1. The van der Waals surface area contributed by atoms with Gasteiger partial charge in [0.25, 0.3) is 10.0 Å². The van der Waals surface area contributed by atoms with Crippen LogP contribution in [0.4, 0.5) is 11.4 Å². The molecule has 1 N–H and O–H groups in total. The molecule has 0 bridgehead atoms. The number of sulfonamides is 1. The first-order valence-corrected chi connectivity index (χ1v) is 10.4. The van der Waals surface area contributed by atoms with Crippen LogP contribution < -0.4 is 14.7 Å². The maximum atomic E-state index is 12.8. The van der Waals surface area contributed by atoms with Gasteiger partial charge in [-0.2, -0.15) is 0 Å². The van der Waals surface area contributed by atoms with E-state index in [9.17, 15) is 23.1 Å². The molecule has 0 aromatic heterocycles. The van der Waals surface area contributed by atoms with E-state index >= 15 is 0 Å². The van der Waals surface area contributed by atoms with Crippen LogP contribution >= 0.6 is 0 Å². The van der Waals surface area contributed by atoms with Crippen molar-refractivity contribution in [3.63, 3.8) is 0 Å². The minimum absolute atomic E-state index is 0.121. The van der Waals surface area contributed by atoms with Gasteiger partial charge >= 0.3 is 0 Å². The van der Waals surface area contributed by atoms with Crippen molar-refractivity contribution in [3.8, 4) is 0 Å². The van der Waals surface area contributed by atoms with Crippen molar-refractivity contribution in [1.29, 1.82) is 0 Å². The first-order chi connectivity index (χ1) is 13.2. The third-order valence-electron chi connectivity index (χ3n) is 4.95. The number of aliphatic carboxylic acids is 1. The molecule has 0 aliphatic carbocycles. The zero-order valence-electron chi connectivity index (χ0n) is 15.7. The number of fused-ring (bicyclic) bond motifs is 1. The van der Waals surface area contributed by atoms with Gasteiger partial charge in [-0.1, -0.05) is 12.1 Å². The summed E-state index contributed by atoms with van der Waals surface area (Å²) in [6.45, 7) is 4.16. The van der Waals surface area contributed by atoms with Crippen LogP contribution in [-0.2, 0) is 26.0 Å². The molecule has 7 nitrogen and oxygen atoms in total. The van der Waals surface area contributed by atoms with Gasteiger partial charge in [0, 0.05) is 24.6 Å². The second kappa shape index (κ2) is 7.63. The Morgan fingerprint density at radius 3 is 2.61 bits per heavy atom. The first-order valence-electron chi connectivity index (χ1n) is 8.91. The van der Waals surface area contributed by atoms with E-state index in [2.05, 4.69) is 4.72 Å². The molecular formula is C20H21N2O5S-. The summed E-state index contributed by atoms with van der Waals surface area (Å²) in [5.74, 6) is -1.58. The molecule has 8 heteroatoms. The molecule has 0 unspecified atom stereocenters.